The van der Waals surface area contributed by atoms with E-state index in [1.54, 1.807) is 6.33 Å². The SMILES string of the molecule is Cc1cccc(C)c1NCCNCC(O)COc1cccc2[nH]cnc12. The van der Waals surface area contributed by atoms with E-state index in [4.69, 9.17) is 4.74 Å². The van der Waals surface area contributed by atoms with E-state index in [1.165, 1.54) is 16.8 Å². The molecule has 0 spiro atoms. The number of aromatic amines is 1. The summed E-state index contributed by atoms with van der Waals surface area (Å²) in [5.74, 6) is 0.680. The lowest BCUT2D eigenvalue weighted by molar-refractivity contribution is 0.107. The Bertz CT molecular complexity index is 826. The van der Waals surface area contributed by atoms with E-state index in [9.17, 15) is 5.11 Å². The minimum Gasteiger partial charge on any atom is -0.488 e. The Morgan fingerprint density at radius 3 is 2.69 bits per heavy atom. The number of para-hydroxylation sites is 2. The molecule has 1 unspecified atom stereocenters. The van der Waals surface area contributed by atoms with Crippen molar-refractivity contribution in [2.45, 2.75) is 20.0 Å². The molecule has 0 saturated heterocycles. The molecule has 0 amide bonds. The van der Waals surface area contributed by atoms with Crippen LogP contribution >= 0.6 is 0 Å². The first-order valence-corrected chi connectivity index (χ1v) is 8.89. The third-order valence-corrected chi connectivity index (χ3v) is 4.31. The van der Waals surface area contributed by atoms with Gasteiger partial charge in [0.15, 0.2) is 0 Å². The molecule has 3 rings (SSSR count). The standard InChI is InChI=1S/C20H26N4O2/c1-14-5-3-6-15(2)19(14)22-10-9-21-11-16(25)12-26-18-8-4-7-17-20(18)24-13-23-17/h3-8,13,16,21-22,25H,9-12H2,1-2H3,(H,23,24). The first kappa shape index (κ1) is 18.2. The average molecular weight is 354 g/mol. The maximum Gasteiger partial charge on any atom is 0.147 e. The Labute approximate surface area is 153 Å². The van der Waals surface area contributed by atoms with Gasteiger partial charge >= 0.3 is 0 Å². The van der Waals surface area contributed by atoms with E-state index in [1.807, 2.05) is 18.2 Å². The summed E-state index contributed by atoms with van der Waals surface area (Å²) >= 11 is 0. The molecule has 138 valence electrons. The number of rotatable bonds is 9. The molecule has 0 aliphatic heterocycles. The number of aromatic nitrogens is 2. The van der Waals surface area contributed by atoms with E-state index in [2.05, 4.69) is 52.6 Å². The van der Waals surface area contributed by atoms with Crippen molar-refractivity contribution in [2.75, 3.05) is 31.6 Å². The van der Waals surface area contributed by atoms with Gasteiger partial charge in [0.25, 0.3) is 0 Å². The van der Waals surface area contributed by atoms with Gasteiger partial charge in [0.05, 0.1) is 11.8 Å². The lowest BCUT2D eigenvalue weighted by Gasteiger charge is -2.15. The smallest absolute Gasteiger partial charge is 0.147 e. The Balaban J connectivity index is 1.37. The molecular formula is C20H26N4O2. The summed E-state index contributed by atoms with van der Waals surface area (Å²) in [5, 5.41) is 16.8. The number of nitrogens with one attached hydrogen (secondary N) is 3. The van der Waals surface area contributed by atoms with Gasteiger partial charge in [-0.2, -0.15) is 0 Å². The highest BCUT2D eigenvalue weighted by atomic mass is 16.5. The number of hydrogen-bond donors (Lipinski definition) is 4. The second-order valence-electron chi connectivity index (χ2n) is 6.42. The van der Waals surface area contributed by atoms with Gasteiger partial charge in [0.1, 0.15) is 24.0 Å². The minimum atomic E-state index is -0.579. The summed E-state index contributed by atoms with van der Waals surface area (Å²) < 4.78 is 5.71. The molecule has 0 radical (unpaired) electrons. The maximum atomic E-state index is 10.1. The molecule has 2 aromatic carbocycles. The van der Waals surface area contributed by atoms with Crippen molar-refractivity contribution < 1.29 is 9.84 Å². The summed E-state index contributed by atoms with van der Waals surface area (Å²) in [7, 11) is 0. The van der Waals surface area contributed by atoms with Gasteiger partial charge in [0, 0.05) is 25.3 Å². The van der Waals surface area contributed by atoms with Crippen LogP contribution in [-0.2, 0) is 0 Å². The summed E-state index contributed by atoms with van der Waals surface area (Å²) in [5.41, 5.74) is 5.38. The van der Waals surface area contributed by atoms with Crippen LogP contribution in [0.2, 0.25) is 0 Å². The first-order valence-electron chi connectivity index (χ1n) is 8.89. The number of aryl methyl sites for hydroxylation is 2. The number of imidazole rings is 1. The van der Waals surface area contributed by atoms with Gasteiger partial charge < -0.3 is 25.5 Å². The number of hydrogen-bond acceptors (Lipinski definition) is 5. The van der Waals surface area contributed by atoms with Gasteiger partial charge in [-0.1, -0.05) is 24.3 Å². The van der Waals surface area contributed by atoms with Crippen molar-refractivity contribution in [3.8, 4) is 5.75 Å². The highest BCUT2D eigenvalue weighted by molar-refractivity contribution is 5.81. The molecule has 1 atom stereocenters. The van der Waals surface area contributed by atoms with Crippen LogP contribution in [0.25, 0.3) is 11.0 Å². The molecule has 0 fully saturated rings. The highest BCUT2D eigenvalue weighted by Gasteiger charge is 2.08. The highest BCUT2D eigenvalue weighted by Crippen LogP contribution is 2.22. The number of aliphatic hydroxyl groups is 1. The van der Waals surface area contributed by atoms with Crippen molar-refractivity contribution in [1.82, 2.24) is 15.3 Å². The number of anilines is 1. The van der Waals surface area contributed by atoms with E-state index in [0.717, 1.165) is 24.1 Å². The van der Waals surface area contributed by atoms with E-state index in [0.29, 0.717) is 12.3 Å². The van der Waals surface area contributed by atoms with Crippen LogP contribution in [0.4, 0.5) is 5.69 Å². The molecule has 4 N–H and O–H groups in total. The predicted molar refractivity (Wildman–Crippen MR) is 105 cm³/mol. The second kappa shape index (κ2) is 8.69. The van der Waals surface area contributed by atoms with Crippen LogP contribution in [0, 0.1) is 13.8 Å². The summed E-state index contributed by atoms with van der Waals surface area (Å²) in [6.07, 6.45) is 1.06. The Hall–Kier alpha value is -2.57. The van der Waals surface area contributed by atoms with Crippen molar-refractivity contribution in [2.24, 2.45) is 0 Å². The van der Waals surface area contributed by atoms with Crippen molar-refractivity contribution >= 4 is 16.7 Å². The predicted octanol–water partition coefficient (Wildman–Crippen LogP) is 2.62. The van der Waals surface area contributed by atoms with Crippen molar-refractivity contribution in [3.05, 3.63) is 53.9 Å². The number of fused-ring (bicyclic) bond motifs is 1. The topological polar surface area (TPSA) is 82.2 Å². The monoisotopic (exact) mass is 354 g/mol. The van der Waals surface area contributed by atoms with Gasteiger partial charge in [-0.15, -0.1) is 0 Å². The Morgan fingerprint density at radius 2 is 1.88 bits per heavy atom. The van der Waals surface area contributed by atoms with Gasteiger partial charge in [0.2, 0.25) is 0 Å². The Morgan fingerprint density at radius 1 is 1.12 bits per heavy atom. The van der Waals surface area contributed by atoms with Crippen molar-refractivity contribution in [3.63, 3.8) is 0 Å². The fourth-order valence-electron chi connectivity index (χ4n) is 2.94. The fourth-order valence-corrected chi connectivity index (χ4v) is 2.94. The van der Waals surface area contributed by atoms with E-state index >= 15 is 0 Å². The molecule has 0 saturated carbocycles. The maximum absolute atomic E-state index is 10.1. The van der Waals surface area contributed by atoms with Crippen LogP contribution < -0.4 is 15.4 Å². The number of aliphatic hydroxyl groups excluding tert-OH is 1. The van der Waals surface area contributed by atoms with Crippen molar-refractivity contribution in [1.29, 1.82) is 0 Å². The number of ether oxygens (including phenoxy) is 1. The lowest BCUT2D eigenvalue weighted by Crippen LogP contribution is -2.34. The summed E-state index contributed by atoms with van der Waals surface area (Å²) in [4.78, 5) is 7.28. The molecular weight excluding hydrogens is 328 g/mol. The van der Waals surface area contributed by atoms with Crippen LogP contribution in [0.15, 0.2) is 42.7 Å². The lowest BCUT2D eigenvalue weighted by atomic mass is 10.1. The summed E-state index contributed by atoms with van der Waals surface area (Å²) in [6, 6.07) is 12.0. The fraction of sp³-hybridized carbons (Fsp3) is 0.350. The molecule has 0 aliphatic carbocycles. The normalized spacial score (nSPS) is 12.3. The van der Waals surface area contributed by atoms with Crippen LogP contribution in [0.5, 0.6) is 5.75 Å². The molecule has 0 bridgehead atoms. The van der Waals surface area contributed by atoms with Crippen LogP contribution in [-0.4, -0.2) is 47.4 Å². The molecule has 1 heterocycles. The van der Waals surface area contributed by atoms with Gasteiger partial charge in [-0.3, -0.25) is 0 Å². The van der Waals surface area contributed by atoms with E-state index in [-0.39, 0.29) is 6.61 Å². The molecule has 6 nitrogen and oxygen atoms in total. The zero-order valence-corrected chi connectivity index (χ0v) is 15.2. The molecule has 1 aromatic heterocycles. The van der Waals surface area contributed by atoms with Gasteiger partial charge in [-0.25, -0.2) is 4.98 Å². The number of H-pyrrole nitrogens is 1. The van der Waals surface area contributed by atoms with Crippen LogP contribution in [0.1, 0.15) is 11.1 Å². The molecule has 0 aliphatic rings. The van der Waals surface area contributed by atoms with E-state index < -0.39 is 6.10 Å². The minimum absolute atomic E-state index is 0.225. The quantitative estimate of drug-likeness (QED) is 0.444. The summed E-state index contributed by atoms with van der Waals surface area (Å²) in [6.45, 7) is 6.47. The molecule has 26 heavy (non-hydrogen) atoms. The first-order chi connectivity index (χ1) is 12.6. The third-order valence-electron chi connectivity index (χ3n) is 4.31. The molecule has 6 heteroatoms. The Kier molecular flexibility index (Phi) is 6.09. The largest absolute Gasteiger partial charge is 0.488 e. The number of nitrogens with zero attached hydrogens (tertiary/aromatic N) is 1. The molecule has 3 aromatic rings. The van der Waals surface area contributed by atoms with Crippen LogP contribution in [0.3, 0.4) is 0 Å². The zero-order chi connectivity index (χ0) is 18.4. The van der Waals surface area contributed by atoms with Gasteiger partial charge in [-0.05, 0) is 37.1 Å². The average Bonchev–Trinajstić information content (AvgIpc) is 3.11. The number of benzene rings is 2. The second-order valence-corrected chi connectivity index (χ2v) is 6.42. The zero-order valence-electron chi connectivity index (χ0n) is 15.2. The third kappa shape index (κ3) is 4.53.